The number of hydrogen-bond acceptors (Lipinski definition) is 3. The number of nitrogens with one attached hydrogen (secondary N) is 1. The number of aliphatic hydroxyl groups excluding tert-OH is 1. The third-order valence-corrected chi connectivity index (χ3v) is 2.96. The number of hydrogen-bond donors (Lipinski definition) is 2. The van der Waals surface area contributed by atoms with E-state index in [4.69, 9.17) is 5.11 Å². The van der Waals surface area contributed by atoms with E-state index in [-0.39, 0.29) is 0 Å². The Balaban J connectivity index is 1.98. The van der Waals surface area contributed by atoms with Gasteiger partial charge in [-0.2, -0.15) is 0 Å². The zero-order valence-corrected chi connectivity index (χ0v) is 6.79. The average molecular weight is 156 g/mol. The van der Waals surface area contributed by atoms with Crippen molar-refractivity contribution in [3.63, 3.8) is 0 Å². The van der Waals surface area contributed by atoms with Gasteiger partial charge in [-0.1, -0.05) is 0 Å². The molecule has 2 N–H and O–H groups in total. The van der Waals surface area contributed by atoms with E-state index < -0.39 is 0 Å². The van der Waals surface area contributed by atoms with Crippen LogP contribution < -0.4 is 5.32 Å². The predicted molar refractivity (Wildman–Crippen MR) is 43.4 cm³/mol. The molecule has 2 atom stereocenters. The second kappa shape index (κ2) is 3.09. The number of rotatable bonds is 1. The van der Waals surface area contributed by atoms with Crippen molar-refractivity contribution in [1.29, 1.82) is 0 Å². The van der Waals surface area contributed by atoms with Crippen LogP contribution in [0.4, 0.5) is 0 Å². The van der Waals surface area contributed by atoms with E-state index in [2.05, 4.69) is 10.2 Å². The molecule has 2 heterocycles. The molecule has 0 radical (unpaired) electrons. The van der Waals surface area contributed by atoms with Crippen molar-refractivity contribution in [2.75, 3.05) is 32.8 Å². The Bertz CT molecular complexity index is 134. The first-order valence-electron chi connectivity index (χ1n) is 4.47. The molecule has 2 fully saturated rings. The molecule has 11 heavy (non-hydrogen) atoms. The van der Waals surface area contributed by atoms with Crippen LogP contribution in [0.25, 0.3) is 0 Å². The van der Waals surface area contributed by atoms with Gasteiger partial charge in [0, 0.05) is 32.3 Å². The average Bonchev–Trinajstić information content (AvgIpc) is 2.47. The summed E-state index contributed by atoms with van der Waals surface area (Å²) in [5.74, 6) is 0.530. The van der Waals surface area contributed by atoms with E-state index >= 15 is 0 Å². The molecule has 0 aromatic rings. The van der Waals surface area contributed by atoms with Crippen LogP contribution in [0.3, 0.4) is 0 Å². The van der Waals surface area contributed by atoms with Crippen molar-refractivity contribution in [2.24, 2.45) is 5.92 Å². The van der Waals surface area contributed by atoms with E-state index in [1.54, 1.807) is 0 Å². The van der Waals surface area contributed by atoms with Crippen LogP contribution in [-0.4, -0.2) is 48.8 Å². The molecule has 0 saturated carbocycles. The number of fused-ring (bicyclic) bond motifs is 1. The van der Waals surface area contributed by atoms with Gasteiger partial charge in [-0.15, -0.1) is 0 Å². The summed E-state index contributed by atoms with van der Waals surface area (Å²) in [7, 11) is 0. The van der Waals surface area contributed by atoms with Crippen LogP contribution in [0.2, 0.25) is 0 Å². The third kappa shape index (κ3) is 1.28. The minimum absolute atomic E-state index is 0.364. The molecule has 2 aliphatic heterocycles. The zero-order chi connectivity index (χ0) is 7.68. The monoisotopic (exact) mass is 156 g/mol. The van der Waals surface area contributed by atoms with E-state index in [0.29, 0.717) is 18.6 Å². The molecule has 0 aromatic heterocycles. The maximum Gasteiger partial charge on any atom is 0.0475 e. The highest BCUT2D eigenvalue weighted by Crippen LogP contribution is 2.24. The van der Waals surface area contributed by atoms with Gasteiger partial charge in [-0.3, -0.25) is 4.90 Å². The number of nitrogens with zero attached hydrogens (tertiary/aromatic N) is 1. The van der Waals surface area contributed by atoms with Gasteiger partial charge in [0.15, 0.2) is 0 Å². The molecule has 2 unspecified atom stereocenters. The smallest absolute Gasteiger partial charge is 0.0475 e. The molecule has 2 rings (SSSR count). The summed E-state index contributed by atoms with van der Waals surface area (Å²) in [6, 6.07) is 0.619. The standard InChI is InChI=1S/C8H16N2O/c11-6-7-1-3-10-4-2-9-5-8(7)10/h7-9,11H,1-6H2. The Labute approximate surface area is 67.4 Å². The van der Waals surface area contributed by atoms with Crippen LogP contribution in [-0.2, 0) is 0 Å². The highest BCUT2D eigenvalue weighted by Gasteiger charge is 2.34. The molecule has 0 bridgehead atoms. The lowest BCUT2D eigenvalue weighted by molar-refractivity contribution is 0.144. The van der Waals surface area contributed by atoms with Gasteiger partial charge in [-0.05, 0) is 18.9 Å². The fourth-order valence-corrected chi connectivity index (χ4v) is 2.25. The Morgan fingerprint density at radius 3 is 3.18 bits per heavy atom. The van der Waals surface area contributed by atoms with Crippen molar-refractivity contribution >= 4 is 0 Å². The molecule has 2 saturated heterocycles. The van der Waals surface area contributed by atoms with E-state index in [9.17, 15) is 0 Å². The summed E-state index contributed by atoms with van der Waals surface area (Å²) in [5.41, 5.74) is 0. The Hall–Kier alpha value is -0.120. The van der Waals surface area contributed by atoms with E-state index in [0.717, 1.165) is 13.1 Å². The van der Waals surface area contributed by atoms with Crippen molar-refractivity contribution in [1.82, 2.24) is 10.2 Å². The first-order valence-corrected chi connectivity index (χ1v) is 4.47. The summed E-state index contributed by atoms with van der Waals surface area (Å²) in [5, 5.41) is 12.4. The number of piperazine rings is 1. The van der Waals surface area contributed by atoms with Crippen LogP contribution >= 0.6 is 0 Å². The van der Waals surface area contributed by atoms with Gasteiger partial charge in [-0.25, -0.2) is 0 Å². The van der Waals surface area contributed by atoms with Gasteiger partial charge in [0.25, 0.3) is 0 Å². The molecular weight excluding hydrogens is 140 g/mol. The van der Waals surface area contributed by atoms with Crippen LogP contribution in [0.1, 0.15) is 6.42 Å². The molecule has 64 valence electrons. The molecule has 2 aliphatic rings. The summed E-state index contributed by atoms with van der Waals surface area (Å²) >= 11 is 0. The first kappa shape index (κ1) is 7.53. The van der Waals surface area contributed by atoms with Gasteiger partial charge >= 0.3 is 0 Å². The largest absolute Gasteiger partial charge is 0.396 e. The molecule has 3 nitrogen and oxygen atoms in total. The van der Waals surface area contributed by atoms with Gasteiger partial charge in [0.1, 0.15) is 0 Å². The lowest BCUT2D eigenvalue weighted by atomic mass is 10.0. The summed E-state index contributed by atoms with van der Waals surface area (Å²) in [6.45, 7) is 4.92. The highest BCUT2D eigenvalue weighted by molar-refractivity contribution is 4.90. The van der Waals surface area contributed by atoms with Crippen LogP contribution in [0, 0.1) is 5.92 Å². The third-order valence-electron chi connectivity index (χ3n) is 2.96. The molecule has 3 heteroatoms. The molecule has 0 amide bonds. The minimum atomic E-state index is 0.364. The molecule has 0 spiro atoms. The normalized spacial score (nSPS) is 39.0. The fourth-order valence-electron chi connectivity index (χ4n) is 2.25. The molecular formula is C8H16N2O. The predicted octanol–water partition coefficient (Wildman–Crippen LogP) is -0.728. The minimum Gasteiger partial charge on any atom is -0.396 e. The van der Waals surface area contributed by atoms with Crippen LogP contribution in [0.15, 0.2) is 0 Å². The summed E-state index contributed by atoms with van der Waals surface area (Å²) in [6.07, 6.45) is 1.18. The lowest BCUT2D eigenvalue weighted by Gasteiger charge is -2.32. The highest BCUT2D eigenvalue weighted by atomic mass is 16.3. The molecule has 0 aromatic carbocycles. The first-order chi connectivity index (χ1) is 5.42. The molecule has 0 aliphatic carbocycles. The Kier molecular flexibility index (Phi) is 2.11. The van der Waals surface area contributed by atoms with Crippen molar-refractivity contribution < 1.29 is 5.11 Å². The van der Waals surface area contributed by atoms with E-state index in [1.165, 1.54) is 19.5 Å². The second-order valence-electron chi connectivity index (χ2n) is 3.54. The maximum absolute atomic E-state index is 9.05. The van der Waals surface area contributed by atoms with E-state index in [1.807, 2.05) is 0 Å². The second-order valence-corrected chi connectivity index (χ2v) is 3.54. The maximum atomic E-state index is 9.05. The lowest BCUT2D eigenvalue weighted by Crippen LogP contribution is -2.50. The van der Waals surface area contributed by atoms with Crippen LogP contribution in [0.5, 0.6) is 0 Å². The fraction of sp³-hybridized carbons (Fsp3) is 1.00. The van der Waals surface area contributed by atoms with Crippen molar-refractivity contribution in [3.05, 3.63) is 0 Å². The van der Waals surface area contributed by atoms with Gasteiger partial charge < -0.3 is 10.4 Å². The van der Waals surface area contributed by atoms with Crippen molar-refractivity contribution in [3.8, 4) is 0 Å². The number of aliphatic hydroxyl groups is 1. The Morgan fingerprint density at radius 1 is 1.45 bits per heavy atom. The summed E-state index contributed by atoms with van der Waals surface area (Å²) < 4.78 is 0. The topological polar surface area (TPSA) is 35.5 Å². The van der Waals surface area contributed by atoms with Crippen molar-refractivity contribution in [2.45, 2.75) is 12.5 Å². The Morgan fingerprint density at radius 2 is 2.36 bits per heavy atom. The quantitative estimate of drug-likeness (QED) is 0.525. The summed E-state index contributed by atoms with van der Waals surface area (Å²) in [4.78, 5) is 2.50. The SMILES string of the molecule is OCC1CCN2CCNCC12. The van der Waals surface area contributed by atoms with Gasteiger partial charge in [0.2, 0.25) is 0 Å². The zero-order valence-electron chi connectivity index (χ0n) is 6.79. The van der Waals surface area contributed by atoms with Gasteiger partial charge in [0.05, 0.1) is 0 Å².